The van der Waals surface area contributed by atoms with Gasteiger partial charge < -0.3 is 10.2 Å². The van der Waals surface area contributed by atoms with Crippen LogP contribution in [0.15, 0.2) is 29.2 Å². The highest BCUT2D eigenvalue weighted by atomic mass is 32.2. The molecule has 1 saturated heterocycles. The van der Waals surface area contributed by atoms with Crippen LogP contribution in [0.3, 0.4) is 0 Å². The number of nitrogens with one attached hydrogen (secondary N) is 1. The van der Waals surface area contributed by atoms with Crippen LogP contribution >= 0.6 is 11.8 Å². The van der Waals surface area contributed by atoms with Gasteiger partial charge in [0.2, 0.25) is 5.91 Å². The number of piperazine rings is 1. The summed E-state index contributed by atoms with van der Waals surface area (Å²) in [5, 5.41) is 3.27. The SMILES string of the molecule is Cc1ccccc1SCCCC(=O)N1CCNCC1. The number of amides is 1. The molecule has 4 heteroatoms. The fourth-order valence-corrected chi connectivity index (χ4v) is 3.18. The summed E-state index contributed by atoms with van der Waals surface area (Å²) in [6.45, 7) is 5.73. The number of benzene rings is 1. The van der Waals surface area contributed by atoms with Crippen LogP contribution in [0.1, 0.15) is 18.4 Å². The lowest BCUT2D eigenvalue weighted by Gasteiger charge is -2.27. The van der Waals surface area contributed by atoms with E-state index in [9.17, 15) is 4.79 Å². The molecule has 0 unspecified atom stereocenters. The van der Waals surface area contributed by atoms with E-state index in [0.717, 1.165) is 38.4 Å². The summed E-state index contributed by atoms with van der Waals surface area (Å²) in [5.41, 5.74) is 1.32. The molecule has 2 rings (SSSR count). The lowest BCUT2D eigenvalue weighted by molar-refractivity contribution is -0.131. The van der Waals surface area contributed by atoms with E-state index in [0.29, 0.717) is 12.3 Å². The van der Waals surface area contributed by atoms with E-state index in [4.69, 9.17) is 0 Å². The third kappa shape index (κ3) is 4.55. The Kier molecular flexibility index (Phi) is 5.73. The first kappa shape index (κ1) is 14.4. The molecule has 0 aromatic heterocycles. The van der Waals surface area contributed by atoms with Gasteiger partial charge in [0.05, 0.1) is 0 Å². The van der Waals surface area contributed by atoms with Crippen LogP contribution in [0, 0.1) is 6.92 Å². The van der Waals surface area contributed by atoms with Crippen LogP contribution in [-0.2, 0) is 4.79 Å². The zero-order chi connectivity index (χ0) is 13.5. The topological polar surface area (TPSA) is 32.3 Å². The molecule has 0 spiro atoms. The second-order valence-electron chi connectivity index (χ2n) is 4.85. The Morgan fingerprint density at radius 1 is 1.32 bits per heavy atom. The molecular weight excluding hydrogens is 256 g/mol. The molecule has 1 aromatic rings. The van der Waals surface area contributed by atoms with Crippen LogP contribution in [0.2, 0.25) is 0 Å². The number of aryl methyl sites for hydroxylation is 1. The predicted octanol–water partition coefficient (Wildman–Crippen LogP) is 2.30. The fourth-order valence-electron chi connectivity index (χ4n) is 2.20. The monoisotopic (exact) mass is 278 g/mol. The van der Waals surface area contributed by atoms with Gasteiger partial charge in [0.15, 0.2) is 0 Å². The minimum Gasteiger partial charge on any atom is -0.340 e. The van der Waals surface area contributed by atoms with Gasteiger partial charge in [-0.1, -0.05) is 18.2 Å². The molecule has 1 amide bonds. The molecule has 19 heavy (non-hydrogen) atoms. The summed E-state index contributed by atoms with van der Waals surface area (Å²) in [6, 6.07) is 8.42. The lowest BCUT2D eigenvalue weighted by Crippen LogP contribution is -2.46. The first-order valence-electron chi connectivity index (χ1n) is 6.94. The number of rotatable bonds is 5. The van der Waals surface area contributed by atoms with Crippen LogP contribution in [0.25, 0.3) is 0 Å². The van der Waals surface area contributed by atoms with E-state index in [1.165, 1.54) is 10.5 Å². The van der Waals surface area contributed by atoms with Gasteiger partial charge in [0.1, 0.15) is 0 Å². The van der Waals surface area contributed by atoms with Crippen molar-refractivity contribution in [1.82, 2.24) is 10.2 Å². The number of carbonyl (C=O) groups is 1. The minimum atomic E-state index is 0.312. The first-order valence-corrected chi connectivity index (χ1v) is 7.93. The fraction of sp³-hybridized carbons (Fsp3) is 0.533. The smallest absolute Gasteiger partial charge is 0.222 e. The molecule has 1 aliphatic rings. The summed E-state index contributed by atoms with van der Waals surface area (Å²) in [6.07, 6.45) is 1.64. The van der Waals surface area contributed by atoms with E-state index in [1.54, 1.807) is 0 Å². The molecule has 0 atom stereocenters. The molecule has 1 N–H and O–H groups in total. The van der Waals surface area contributed by atoms with Crippen molar-refractivity contribution in [3.05, 3.63) is 29.8 Å². The number of carbonyl (C=O) groups excluding carboxylic acids is 1. The van der Waals surface area contributed by atoms with Gasteiger partial charge in [-0.15, -0.1) is 11.8 Å². The summed E-state index contributed by atoms with van der Waals surface area (Å²) in [7, 11) is 0. The van der Waals surface area contributed by atoms with Crippen molar-refractivity contribution < 1.29 is 4.79 Å². The van der Waals surface area contributed by atoms with E-state index in [-0.39, 0.29) is 0 Å². The van der Waals surface area contributed by atoms with Crippen molar-refractivity contribution in [3.8, 4) is 0 Å². The van der Waals surface area contributed by atoms with E-state index in [2.05, 4.69) is 36.5 Å². The zero-order valence-electron chi connectivity index (χ0n) is 11.5. The molecule has 104 valence electrons. The molecular formula is C15H22N2OS. The second kappa shape index (κ2) is 7.56. The van der Waals surface area contributed by atoms with Crippen molar-refractivity contribution in [2.45, 2.75) is 24.7 Å². The van der Waals surface area contributed by atoms with Crippen molar-refractivity contribution in [3.63, 3.8) is 0 Å². The highest BCUT2D eigenvalue weighted by Gasteiger charge is 2.15. The quantitative estimate of drug-likeness (QED) is 0.662. The molecule has 1 heterocycles. The Labute approximate surface area is 119 Å². The maximum atomic E-state index is 12.0. The molecule has 1 aliphatic heterocycles. The normalized spacial score (nSPS) is 15.5. The lowest BCUT2D eigenvalue weighted by atomic mass is 10.2. The number of nitrogens with zero attached hydrogens (tertiary/aromatic N) is 1. The Hall–Kier alpha value is -1.00. The van der Waals surface area contributed by atoms with Gasteiger partial charge in [-0.25, -0.2) is 0 Å². The van der Waals surface area contributed by atoms with Gasteiger partial charge in [0, 0.05) is 37.5 Å². The Bertz CT molecular complexity index is 416. The maximum absolute atomic E-state index is 12.0. The number of thioether (sulfide) groups is 1. The third-order valence-electron chi connectivity index (χ3n) is 3.36. The van der Waals surface area contributed by atoms with E-state index >= 15 is 0 Å². The number of hydrogen-bond acceptors (Lipinski definition) is 3. The van der Waals surface area contributed by atoms with Crippen LogP contribution in [-0.4, -0.2) is 42.7 Å². The van der Waals surface area contributed by atoms with Crippen molar-refractivity contribution in [2.24, 2.45) is 0 Å². The van der Waals surface area contributed by atoms with Crippen molar-refractivity contribution in [2.75, 3.05) is 31.9 Å². The van der Waals surface area contributed by atoms with Crippen LogP contribution < -0.4 is 5.32 Å². The summed E-state index contributed by atoms with van der Waals surface area (Å²) in [5.74, 6) is 1.33. The Morgan fingerprint density at radius 3 is 2.79 bits per heavy atom. The van der Waals surface area contributed by atoms with Crippen LogP contribution in [0.5, 0.6) is 0 Å². The van der Waals surface area contributed by atoms with E-state index < -0.39 is 0 Å². The van der Waals surface area contributed by atoms with Gasteiger partial charge in [-0.3, -0.25) is 4.79 Å². The van der Waals surface area contributed by atoms with Gasteiger partial charge >= 0.3 is 0 Å². The van der Waals surface area contributed by atoms with E-state index in [1.807, 2.05) is 16.7 Å². The molecule has 3 nitrogen and oxygen atoms in total. The highest BCUT2D eigenvalue weighted by molar-refractivity contribution is 7.99. The Morgan fingerprint density at radius 2 is 2.05 bits per heavy atom. The molecule has 1 fully saturated rings. The van der Waals surface area contributed by atoms with Gasteiger partial charge in [-0.05, 0) is 30.7 Å². The zero-order valence-corrected chi connectivity index (χ0v) is 12.3. The predicted molar refractivity (Wildman–Crippen MR) is 80.6 cm³/mol. The van der Waals surface area contributed by atoms with Gasteiger partial charge in [-0.2, -0.15) is 0 Å². The maximum Gasteiger partial charge on any atom is 0.222 e. The first-order chi connectivity index (χ1) is 9.27. The van der Waals surface area contributed by atoms with Crippen molar-refractivity contribution in [1.29, 1.82) is 0 Å². The average Bonchev–Trinajstić information content (AvgIpc) is 2.46. The third-order valence-corrected chi connectivity index (χ3v) is 4.62. The summed E-state index contributed by atoms with van der Waals surface area (Å²) >= 11 is 1.85. The molecule has 0 radical (unpaired) electrons. The molecule has 1 aromatic carbocycles. The Balaban J connectivity index is 1.66. The largest absolute Gasteiger partial charge is 0.340 e. The van der Waals surface area contributed by atoms with Crippen molar-refractivity contribution >= 4 is 17.7 Å². The second-order valence-corrected chi connectivity index (χ2v) is 5.99. The molecule has 0 aliphatic carbocycles. The van der Waals surface area contributed by atoms with Crippen LogP contribution in [0.4, 0.5) is 0 Å². The molecule has 0 saturated carbocycles. The highest BCUT2D eigenvalue weighted by Crippen LogP contribution is 2.22. The standard InChI is InChI=1S/C15H22N2OS/c1-13-5-2-3-6-14(13)19-12-4-7-15(18)17-10-8-16-9-11-17/h2-3,5-6,16H,4,7-12H2,1H3. The number of hydrogen-bond donors (Lipinski definition) is 1. The summed E-state index contributed by atoms with van der Waals surface area (Å²) in [4.78, 5) is 15.3. The summed E-state index contributed by atoms with van der Waals surface area (Å²) < 4.78 is 0. The average molecular weight is 278 g/mol. The minimum absolute atomic E-state index is 0.312. The molecule has 0 bridgehead atoms. The van der Waals surface area contributed by atoms with Gasteiger partial charge in [0.25, 0.3) is 0 Å².